The van der Waals surface area contributed by atoms with Gasteiger partial charge in [-0.3, -0.25) is 15.0 Å². The number of benzene rings is 1. The Morgan fingerprint density at radius 2 is 2.20 bits per heavy atom. The van der Waals surface area contributed by atoms with Gasteiger partial charge in [-0.2, -0.15) is 0 Å². The number of nitro benzene ring substituents is 1. The lowest BCUT2D eigenvalue weighted by Gasteiger charge is -2.34. The van der Waals surface area contributed by atoms with Gasteiger partial charge in [-0.15, -0.1) is 0 Å². The summed E-state index contributed by atoms with van der Waals surface area (Å²) in [4.78, 5) is 13.0. The maximum absolute atomic E-state index is 11.0. The molecule has 0 heterocycles. The highest BCUT2D eigenvalue weighted by Crippen LogP contribution is 2.31. The summed E-state index contributed by atoms with van der Waals surface area (Å²) in [5.41, 5.74) is 1.13. The highest BCUT2D eigenvalue weighted by Gasteiger charge is 2.23. The number of nitro groups is 1. The summed E-state index contributed by atoms with van der Waals surface area (Å²) in [7, 11) is 2.12. The Labute approximate surface area is 128 Å². The average molecular weight is 341 g/mol. The molecule has 2 atom stereocenters. The van der Waals surface area contributed by atoms with E-state index in [4.69, 9.17) is 0 Å². The largest absolute Gasteiger partial charge is 0.299 e. The van der Waals surface area contributed by atoms with Gasteiger partial charge in [0.2, 0.25) is 0 Å². The third kappa shape index (κ3) is 3.58. The first kappa shape index (κ1) is 15.4. The molecule has 5 heteroatoms. The third-order valence-electron chi connectivity index (χ3n) is 4.21. The second-order valence-corrected chi connectivity index (χ2v) is 6.64. The molecule has 0 N–H and O–H groups in total. The zero-order valence-electron chi connectivity index (χ0n) is 12.0. The molecule has 0 saturated heterocycles. The summed E-state index contributed by atoms with van der Waals surface area (Å²) in [5.74, 6) is 0.782. The minimum atomic E-state index is -0.337. The lowest BCUT2D eigenvalue weighted by molar-refractivity contribution is -0.385. The molecule has 0 spiro atoms. The van der Waals surface area contributed by atoms with Crippen LogP contribution in [0.15, 0.2) is 22.7 Å². The Morgan fingerprint density at radius 1 is 1.45 bits per heavy atom. The molecule has 4 nitrogen and oxygen atoms in total. The van der Waals surface area contributed by atoms with Gasteiger partial charge < -0.3 is 0 Å². The number of hydrogen-bond acceptors (Lipinski definition) is 3. The van der Waals surface area contributed by atoms with E-state index in [0.29, 0.717) is 10.5 Å². The van der Waals surface area contributed by atoms with E-state index in [0.717, 1.165) is 18.0 Å². The van der Waals surface area contributed by atoms with Crippen LogP contribution in [-0.2, 0) is 6.54 Å². The molecule has 1 aromatic rings. The normalized spacial score (nSPS) is 23.0. The first-order chi connectivity index (χ1) is 9.49. The summed E-state index contributed by atoms with van der Waals surface area (Å²) in [6, 6.07) is 5.84. The summed E-state index contributed by atoms with van der Waals surface area (Å²) in [6.07, 6.45) is 5.06. The van der Waals surface area contributed by atoms with Crippen LogP contribution in [0.1, 0.15) is 38.2 Å². The van der Waals surface area contributed by atoms with Crippen molar-refractivity contribution in [1.82, 2.24) is 4.90 Å². The van der Waals surface area contributed by atoms with Gasteiger partial charge in [-0.1, -0.05) is 31.9 Å². The second kappa shape index (κ2) is 6.68. The summed E-state index contributed by atoms with van der Waals surface area (Å²) < 4.78 is 0.612. The first-order valence-electron chi connectivity index (χ1n) is 7.11. The number of halogens is 1. The van der Waals surface area contributed by atoms with Crippen LogP contribution in [-0.4, -0.2) is 22.9 Å². The van der Waals surface area contributed by atoms with Crippen molar-refractivity contribution in [3.8, 4) is 0 Å². The van der Waals surface area contributed by atoms with Crippen LogP contribution in [0.25, 0.3) is 0 Å². The molecule has 1 aliphatic carbocycles. The monoisotopic (exact) mass is 340 g/mol. The Bertz CT molecular complexity index is 493. The molecular weight excluding hydrogens is 320 g/mol. The summed E-state index contributed by atoms with van der Waals surface area (Å²) in [5, 5.41) is 11.0. The maximum atomic E-state index is 11.0. The van der Waals surface area contributed by atoms with Crippen LogP contribution in [0.5, 0.6) is 0 Å². The van der Waals surface area contributed by atoms with Gasteiger partial charge >= 0.3 is 0 Å². The third-order valence-corrected chi connectivity index (χ3v) is 5.12. The van der Waals surface area contributed by atoms with Crippen molar-refractivity contribution in [3.63, 3.8) is 0 Å². The average Bonchev–Trinajstić information content (AvgIpc) is 2.40. The van der Waals surface area contributed by atoms with E-state index in [-0.39, 0.29) is 10.6 Å². The van der Waals surface area contributed by atoms with E-state index in [9.17, 15) is 10.1 Å². The zero-order chi connectivity index (χ0) is 14.7. The van der Waals surface area contributed by atoms with Gasteiger partial charge in [0.25, 0.3) is 5.69 Å². The summed E-state index contributed by atoms with van der Waals surface area (Å²) in [6.45, 7) is 3.06. The SMILES string of the molecule is CC1CCCC(N(C)Cc2cccc([N+](=O)[O-])c2Br)C1. The summed E-state index contributed by atoms with van der Waals surface area (Å²) >= 11 is 3.38. The van der Waals surface area contributed by atoms with Crippen molar-refractivity contribution in [2.24, 2.45) is 5.92 Å². The molecule has 0 amide bonds. The van der Waals surface area contributed by atoms with Crippen molar-refractivity contribution in [3.05, 3.63) is 38.3 Å². The van der Waals surface area contributed by atoms with Crippen molar-refractivity contribution < 1.29 is 4.92 Å². The van der Waals surface area contributed by atoms with Gasteiger partial charge in [0.05, 0.1) is 9.40 Å². The molecule has 0 aliphatic heterocycles. The fourth-order valence-corrected chi connectivity index (χ4v) is 3.56. The molecular formula is C15H21BrN2O2. The molecule has 1 fully saturated rings. The highest BCUT2D eigenvalue weighted by atomic mass is 79.9. The van der Waals surface area contributed by atoms with E-state index in [1.807, 2.05) is 6.07 Å². The van der Waals surface area contributed by atoms with Crippen LogP contribution in [0, 0.1) is 16.0 Å². The Balaban J connectivity index is 2.09. The standard InChI is InChI=1S/C15H21BrN2O2/c1-11-5-3-7-13(9-11)17(2)10-12-6-4-8-14(15(12)16)18(19)20/h4,6,8,11,13H,3,5,7,9-10H2,1-2H3. The van der Waals surface area contributed by atoms with Gasteiger partial charge in [-0.05, 0) is 47.3 Å². The van der Waals surface area contributed by atoms with E-state index in [2.05, 4.69) is 34.8 Å². The van der Waals surface area contributed by atoms with E-state index in [1.54, 1.807) is 6.07 Å². The Morgan fingerprint density at radius 3 is 2.85 bits per heavy atom. The Kier molecular flexibility index (Phi) is 5.16. The van der Waals surface area contributed by atoms with Crippen LogP contribution in [0.4, 0.5) is 5.69 Å². The quantitative estimate of drug-likeness (QED) is 0.604. The van der Waals surface area contributed by atoms with Crippen LogP contribution < -0.4 is 0 Å². The molecule has 2 rings (SSSR count). The predicted molar refractivity (Wildman–Crippen MR) is 83.7 cm³/mol. The number of nitrogens with zero attached hydrogens (tertiary/aromatic N) is 2. The number of hydrogen-bond donors (Lipinski definition) is 0. The Hall–Kier alpha value is -0.940. The smallest absolute Gasteiger partial charge is 0.283 e. The molecule has 0 aromatic heterocycles. The lowest BCUT2D eigenvalue weighted by Crippen LogP contribution is -2.35. The van der Waals surface area contributed by atoms with E-state index < -0.39 is 0 Å². The van der Waals surface area contributed by atoms with Gasteiger partial charge in [0.1, 0.15) is 0 Å². The van der Waals surface area contributed by atoms with Crippen molar-refractivity contribution >= 4 is 21.6 Å². The molecule has 1 aliphatic rings. The van der Waals surface area contributed by atoms with Gasteiger partial charge in [-0.25, -0.2) is 0 Å². The van der Waals surface area contributed by atoms with E-state index in [1.165, 1.54) is 31.7 Å². The molecule has 0 radical (unpaired) electrons. The molecule has 110 valence electrons. The van der Waals surface area contributed by atoms with Gasteiger partial charge in [0.15, 0.2) is 0 Å². The molecule has 2 unspecified atom stereocenters. The van der Waals surface area contributed by atoms with Crippen molar-refractivity contribution in [1.29, 1.82) is 0 Å². The molecule has 1 saturated carbocycles. The van der Waals surface area contributed by atoms with Crippen molar-refractivity contribution in [2.45, 2.75) is 45.2 Å². The number of rotatable bonds is 4. The van der Waals surface area contributed by atoms with Crippen LogP contribution in [0.3, 0.4) is 0 Å². The topological polar surface area (TPSA) is 46.4 Å². The maximum Gasteiger partial charge on any atom is 0.283 e. The highest BCUT2D eigenvalue weighted by molar-refractivity contribution is 9.10. The van der Waals surface area contributed by atoms with E-state index >= 15 is 0 Å². The lowest BCUT2D eigenvalue weighted by atomic mass is 9.86. The van der Waals surface area contributed by atoms with Crippen LogP contribution in [0.2, 0.25) is 0 Å². The minimum Gasteiger partial charge on any atom is -0.299 e. The molecule has 0 bridgehead atoms. The predicted octanol–water partition coefficient (Wildman–Crippen LogP) is 4.37. The fourth-order valence-electron chi connectivity index (χ4n) is 3.03. The molecule has 1 aromatic carbocycles. The minimum absolute atomic E-state index is 0.146. The zero-order valence-corrected chi connectivity index (χ0v) is 13.6. The molecule has 20 heavy (non-hydrogen) atoms. The first-order valence-corrected chi connectivity index (χ1v) is 7.90. The van der Waals surface area contributed by atoms with Crippen molar-refractivity contribution in [2.75, 3.05) is 7.05 Å². The van der Waals surface area contributed by atoms with Crippen LogP contribution >= 0.6 is 15.9 Å². The second-order valence-electron chi connectivity index (χ2n) is 5.85. The van der Waals surface area contributed by atoms with Gasteiger partial charge in [0, 0.05) is 18.7 Å². The fraction of sp³-hybridized carbons (Fsp3) is 0.600.